The molecule has 0 radical (unpaired) electrons. The first-order chi connectivity index (χ1) is 7.57. The summed E-state index contributed by atoms with van der Waals surface area (Å²) in [7, 11) is -3.08. The lowest BCUT2D eigenvalue weighted by molar-refractivity contribution is 0.00495. The fourth-order valence-corrected chi connectivity index (χ4v) is 1.87. The van der Waals surface area contributed by atoms with Crippen LogP contribution in [0.3, 0.4) is 0 Å². The van der Waals surface area contributed by atoms with Crippen LogP contribution in [0.25, 0.3) is 0 Å². The molecule has 98 valence electrons. The number of rotatable bonds is 2. The van der Waals surface area contributed by atoms with Gasteiger partial charge in [0.2, 0.25) is 0 Å². The predicted octanol–water partition coefficient (Wildman–Crippen LogP) is 1.41. The van der Waals surface area contributed by atoms with Crippen LogP contribution in [0.4, 0.5) is 4.79 Å². The van der Waals surface area contributed by atoms with Gasteiger partial charge >= 0.3 is 6.09 Å². The van der Waals surface area contributed by atoms with Crippen LogP contribution in [-0.2, 0) is 14.6 Å². The molecule has 1 aliphatic rings. The Hall–Kier alpha value is -1.04. The minimum absolute atomic E-state index is 0.109. The molecule has 0 aromatic heterocycles. The molecule has 5 nitrogen and oxygen atoms in total. The number of amides is 1. The zero-order valence-electron chi connectivity index (χ0n) is 10.6. The van der Waals surface area contributed by atoms with E-state index in [0.717, 1.165) is 6.26 Å². The van der Waals surface area contributed by atoms with Crippen molar-refractivity contribution in [3.05, 3.63) is 11.5 Å². The lowest BCUT2D eigenvalue weighted by Crippen LogP contribution is -2.50. The van der Waals surface area contributed by atoms with Gasteiger partial charge in [0.05, 0.1) is 0 Å². The molecule has 0 aromatic rings. The Morgan fingerprint density at radius 3 is 2.29 bits per heavy atom. The Kier molecular flexibility index (Phi) is 3.86. The summed E-state index contributed by atoms with van der Waals surface area (Å²) < 4.78 is 27.0. The molecule has 17 heavy (non-hydrogen) atoms. The van der Waals surface area contributed by atoms with Crippen LogP contribution in [0.2, 0.25) is 0 Å². The predicted molar refractivity (Wildman–Crippen MR) is 65.3 cm³/mol. The number of sulfone groups is 1. The lowest BCUT2D eigenvalue weighted by atomic mass is 10.0. The van der Waals surface area contributed by atoms with E-state index in [1.165, 1.54) is 5.41 Å². The number of ether oxygens (including phenoxy) is 1. The summed E-state index contributed by atoms with van der Waals surface area (Å²) in [6, 6.07) is 0. The van der Waals surface area contributed by atoms with Crippen molar-refractivity contribution >= 4 is 15.9 Å². The van der Waals surface area contributed by atoms with Crippen molar-refractivity contribution in [1.29, 1.82) is 0 Å². The second-order valence-corrected chi connectivity index (χ2v) is 7.23. The Morgan fingerprint density at radius 1 is 1.35 bits per heavy atom. The zero-order chi connectivity index (χ0) is 13.3. The highest BCUT2D eigenvalue weighted by Gasteiger charge is 2.32. The molecule has 0 aromatic carbocycles. The van der Waals surface area contributed by atoms with Gasteiger partial charge in [0.1, 0.15) is 5.60 Å². The normalized spacial score (nSPS) is 18.2. The fraction of sp³-hybridized carbons (Fsp3) is 0.727. The summed E-state index contributed by atoms with van der Waals surface area (Å²) in [6.45, 7) is 6.46. The molecular formula is C11H19NO4S. The zero-order valence-corrected chi connectivity index (χ0v) is 11.5. The topological polar surface area (TPSA) is 63.7 Å². The van der Waals surface area contributed by atoms with Gasteiger partial charge in [-0.1, -0.05) is 6.08 Å². The van der Waals surface area contributed by atoms with E-state index in [2.05, 4.69) is 0 Å². The van der Waals surface area contributed by atoms with E-state index in [4.69, 9.17) is 4.74 Å². The van der Waals surface area contributed by atoms with Gasteiger partial charge in [0, 0.05) is 30.7 Å². The number of carbonyl (C=O) groups is 1. The average Bonchev–Trinajstić information content (AvgIpc) is 1.94. The monoisotopic (exact) mass is 261 g/mol. The third-order valence-corrected chi connectivity index (χ3v) is 2.81. The average molecular weight is 261 g/mol. The number of likely N-dealkylation sites (tertiary alicyclic amines) is 1. The summed E-state index contributed by atoms with van der Waals surface area (Å²) in [5, 5.41) is 1.18. The smallest absolute Gasteiger partial charge is 0.410 e. The molecule has 1 heterocycles. The molecule has 0 bridgehead atoms. The van der Waals surface area contributed by atoms with E-state index in [9.17, 15) is 13.2 Å². The van der Waals surface area contributed by atoms with Crippen LogP contribution in [0.5, 0.6) is 0 Å². The largest absolute Gasteiger partial charge is 0.444 e. The first-order valence-corrected chi connectivity index (χ1v) is 7.38. The summed E-state index contributed by atoms with van der Waals surface area (Å²) in [6.07, 6.45) is 2.42. The minimum atomic E-state index is -3.08. The summed E-state index contributed by atoms with van der Waals surface area (Å²) in [4.78, 5) is 13.1. The number of nitrogens with zero attached hydrogens (tertiary/aromatic N) is 1. The molecule has 0 saturated carbocycles. The van der Waals surface area contributed by atoms with Gasteiger partial charge in [-0.05, 0) is 20.8 Å². The van der Waals surface area contributed by atoms with Crippen molar-refractivity contribution in [3.8, 4) is 0 Å². The molecular weight excluding hydrogens is 242 g/mol. The number of hydrogen-bond acceptors (Lipinski definition) is 4. The van der Waals surface area contributed by atoms with Gasteiger partial charge in [-0.3, -0.25) is 0 Å². The van der Waals surface area contributed by atoms with Crippen LogP contribution in [0, 0.1) is 5.92 Å². The molecule has 0 atom stereocenters. The van der Waals surface area contributed by atoms with Gasteiger partial charge in [-0.25, -0.2) is 13.2 Å². The highest BCUT2D eigenvalue weighted by molar-refractivity contribution is 7.93. The van der Waals surface area contributed by atoms with Gasteiger partial charge < -0.3 is 9.64 Å². The molecule has 6 heteroatoms. The SMILES string of the molecule is CC(C)(C)OC(=O)N1CC(/C=C/S(C)(=O)=O)C1. The molecule has 0 spiro atoms. The van der Waals surface area contributed by atoms with Crippen LogP contribution in [0.15, 0.2) is 11.5 Å². The molecule has 1 amide bonds. The molecule has 1 aliphatic heterocycles. The fourth-order valence-electron chi connectivity index (χ4n) is 1.36. The van der Waals surface area contributed by atoms with Crippen LogP contribution in [-0.4, -0.2) is 44.4 Å². The molecule has 0 unspecified atom stereocenters. The summed E-state index contributed by atoms with van der Waals surface area (Å²) >= 11 is 0. The van der Waals surface area contributed by atoms with Crippen LogP contribution >= 0.6 is 0 Å². The maximum atomic E-state index is 11.5. The van der Waals surface area contributed by atoms with Crippen molar-refractivity contribution in [1.82, 2.24) is 4.90 Å². The summed E-state index contributed by atoms with van der Waals surface area (Å²) in [5.41, 5.74) is -0.495. The third kappa shape index (κ3) is 5.21. The van der Waals surface area contributed by atoms with E-state index >= 15 is 0 Å². The van der Waals surface area contributed by atoms with Crippen molar-refractivity contribution in [2.75, 3.05) is 19.3 Å². The quantitative estimate of drug-likeness (QED) is 0.754. The van der Waals surface area contributed by atoms with Crippen LogP contribution < -0.4 is 0 Å². The van der Waals surface area contributed by atoms with Gasteiger partial charge in [0.15, 0.2) is 9.84 Å². The van der Waals surface area contributed by atoms with E-state index in [-0.39, 0.29) is 12.0 Å². The number of carbonyl (C=O) groups excluding carboxylic acids is 1. The molecule has 1 fully saturated rings. The van der Waals surface area contributed by atoms with Crippen molar-refractivity contribution < 1.29 is 17.9 Å². The van der Waals surface area contributed by atoms with Gasteiger partial charge in [-0.15, -0.1) is 0 Å². The van der Waals surface area contributed by atoms with Gasteiger partial charge in [-0.2, -0.15) is 0 Å². The van der Waals surface area contributed by atoms with Crippen molar-refractivity contribution in [3.63, 3.8) is 0 Å². The van der Waals surface area contributed by atoms with Crippen molar-refractivity contribution in [2.45, 2.75) is 26.4 Å². The maximum Gasteiger partial charge on any atom is 0.410 e. The highest BCUT2D eigenvalue weighted by atomic mass is 32.2. The second kappa shape index (κ2) is 4.68. The molecule has 1 rings (SSSR count). The summed E-state index contributed by atoms with van der Waals surface area (Å²) in [5.74, 6) is 0.109. The number of hydrogen-bond donors (Lipinski definition) is 0. The van der Waals surface area contributed by atoms with E-state index in [1.807, 2.05) is 20.8 Å². The van der Waals surface area contributed by atoms with E-state index in [1.54, 1.807) is 11.0 Å². The minimum Gasteiger partial charge on any atom is -0.444 e. The third-order valence-electron chi connectivity index (χ3n) is 2.16. The molecule has 1 saturated heterocycles. The maximum absolute atomic E-state index is 11.5. The van der Waals surface area contributed by atoms with E-state index < -0.39 is 15.4 Å². The Bertz CT molecular complexity index is 413. The first kappa shape index (κ1) is 14.0. The Morgan fingerprint density at radius 2 is 1.88 bits per heavy atom. The molecule has 0 N–H and O–H groups in total. The first-order valence-electron chi connectivity index (χ1n) is 5.43. The van der Waals surface area contributed by atoms with Gasteiger partial charge in [0.25, 0.3) is 0 Å². The standard InChI is InChI=1S/C11H19NO4S/c1-11(2,3)16-10(13)12-7-9(8-12)5-6-17(4,14)15/h5-6,9H,7-8H2,1-4H3/b6-5+. The van der Waals surface area contributed by atoms with E-state index in [0.29, 0.717) is 13.1 Å². The lowest BCUT2D eigenvalue weighted by Gasteiger charge is -2.38. The van der Waals surface area contributed by atoms with Crippen molar-refractivity contribution in [2.24, 2.45) is 5.92 Å². The van der Waals surface area contributed by atoms with Crippen LogP contribution in [0.1, 0.15) is 20.8 Å². The molecule has 0 aliphatic carbocycles. The Balaban J connectivity index is 2.38. The highest BCUT2D eigenvalue weighted by Crippen LogP contribution is 2.20. The Labute approximate surface area is 102 Å². The second-order valence-electron chi connectivity index (χ2n) is 5.30.